The number of anilines is 1. The van der Waals surface area contributed by atoms with Crippen molar-refractivity contribution in [1.82, 2.24) is 0 Å². The summed E-state index contributed by atoms with van der Waals surface area (Å²) < 4.78 is 0. The molecule has 122 valence electrons. The lowest BCUT2D eigenvalue weighted by atomic mass is 10.1. The number of thiophene rings is 1. The SMILES string of the molecule is O=C(Nc1cccc(C#Cc2cccs2)c1)c1cccc([N+](=O)[O-])c1. The van der Waals surface area contributed by atoms with E-state index in [1.807, 2.05) is 23.6 Å². The molecule has 0 unspecified atom stereocenters. The number of nitrogens with one attached hydrogen (secondary N) is 1. The zero-order valence-electron chi connectivity index (χ0n) is 12.9. The Bertz CT molecular complexity index is 985. The van der Waals surface area contributed by atoms with Crippen LogP contribution >= 0.6 is 11.3 Å². The number of carbonyl (C=O) groups is 1. The fourth-order valence-corrected chi connectivity index (χ4v) is 2.69. The summed E-state index contributed by atoms with van der Waals surface area (Å²) in [5, 5.41) is 15.5. The van der Waals surface area contributed by atoms with Crippen LogP contribution in [-0.4, -0.2) is 10.8 Å². The minimum atomic E-state index is -0.530. The maximum atomic E-state index is 12.3. The first-order valence-electron chi connectivity index (χ1n) is 7.33. The van der Waals surface area contributed by atoms with Gasteiger partial charge in [0.15, 0.2) is 0 Å². The third-order valence-corrected chi connectivity index (χ3v) is 4.08. The summed E-state index contributed by atoms with van der Waals surface area (Å²) >= 11 is 1.56. The van der Waals surface area contributed by atoms with Crippen molar-refractivity contribution in [3.8, 4) is 11.8 Å². The average molecular weight is 348 g/mol. The Labute approximate surface area is 148 Å². The quantitative estimate of drug-likeness (QED) is 0.435. The second kappa shape index (κ2) is 7.43. The minimum absolute atomic E-state index is 0.122. The number of non-ortho nitro benzene ring substituents is 1. The predicted octanol–water partition coefficient (Wildman–Crippen LogP) is 4.31. The summed E-state index contributed by atoms with van der Waals surface area (Å²) in [5.41, 5.74) is 1.45. The number of benzene rings is 2. The smallest absolute Gasteiger partial charge is 0.270 e. The predicted molar refractivity (Wildman–Crippen MR) is 97.8 cm³/mol. The van der Waals surface area contributed by atoms with Gasteiger partial charge in [0.05, 0.1) is 9.80 Å². The Morgan fingerprint density at radius 3 is 2.64 bits per heavy atom. The highest BCUT2D eigenvalue weighted by Gasteiger charge is 2.11. The van der Waals surface area contributed by atoms with Gasteiger partial charge in [-0.05, 0) is 35.7 Å². The van der Waals surface area contributed by atoms with Crippen LogP contribution < -0.4 is 5.32 Å². The summed E-state index contributed by atoms with van der Waals surface area (Å²) in [6.45, 7) is 0. The second-order valence-electron chi connectivity index (χ2n) is 5.07. The van der Waals surface area contributed by atoms with Crippen LogP contribution in [0.25, 0.3) is 0 Å². The van der Waals surface area contributed by atoms with Crippen molar-refractivity contribution in [2.45, 2.75) is 0 Å². The van der Waals surface area contributed by atoms with Gasteiger partial charge < -0.3 is 5.32 Å². The van der Waals surface area contributed by atoms with E-state index in [4.69, 9.17) is 0 Å². The van der Waals surface area contributed by atoms with Gasteiger partial charge in [-0.25, -0.2) is 0 Å². The summed E-state index contributed by atoms with van der Waals surface area (Å²) in [4.78, 5) is 23.5. The van der Waals surface area contributed by atoms with Crippen LogP contribution in [0.1, 0.15) is 20.8 Å². The maximum Gasteiger partial charge on any atom is 0.270 e. The first kappa shape index (κ1) is 16.4. The van der Waals surface area contributed by atoms with Crippen LogP contribution in [0.5, 0.6) is 0 Å². The van der Waals surface area contributed by atoms with Gasteiger partial charge in [0.25, 0.3) is 11.6 Å². The van der Waals surface area contributed by atoms with Crippen LogP contribution in [-0.2, 0) is 0 Å². The van der Waals surface area contributed by atoms with E-state index in [9.17, 15) is 14.9 Å². The molecule has 0 saturated carbocycles. The summed E-state index contributed by atoms with van der Waals surface area (Å²) in [6.07, 6.45) is 0. The Hall–Kier alpha value is -3.43. The van der Waals surface area contributed by atoms with E-state index in [2.05, 4.69) is 17.2 Å². The van der Waals surface area contributed by atoms with Gasteiger partial charge in [0, 0.05) is 28.9 Å². The first-order chi connectivity index (χ1) is 12.1. The molecule has 0 fully saturated rings. The van der Waals surface area contributed by atoms with Crippen molar-refractivity contribution in [3.05, 3.63) is 92.2 Å². The average Bonchev–Trinajstić information content (AvgIpc) is 3.14. The summed E-state index contributed by atoms with van der Waals surface area (Å²) in [5.74, 6) is 5.69. The normalized spacial score (nSPS) is 9.76. The third kappa shape index (κ3) is 4.31. The molecule has 0 radical (unpaired) electrons. The molecule has 0 aliphatic carbocycles. The van der Waals surface area contributed by atoms with Crippen LogP contribution in [0.2, 0.25) is 0 Å². The van der Waals surface area contributed by atoms with Gasteiger partial charge in [-0.3, -0.25) is 14.9 Å². The molecule has 0 bridgehead atoms. The summed E-state index contributed by atoms with van der Waals surface area (Å²) in [6, 6.07) is 16.6. The van der Waals surface area contributed by atoms with E-state index < -0.39 is 10.8 Å². The van der Waals surface area contributed by atoms with Crippen LogP contribution in [0.3, 0.4) is 0 Å². The molecule has 6 heteroatoms. The number of carbonyl (C=O) groups excluding carboxylic acids is 1. The van der Waals surface area contributed by atoms with Crippen molar-refractivity contribution >= 4 is 28.6 Å². The Kier molecular flexibility index (Phi) is 4.88. The molecule has 2 aromatic carbocycles. The standard InChI is InChI=1S/C19H12N2O3S/c22-19(15-5-2-7-17(13-15)21(23)24)20-16-6-1-4-14(12-16)9-10-18-8-3-11-25-18/h1-8,11-13H,(H,20,22). The maximum absolute atomic E-state index is 12.3. The van der Waals surface area contributed by atoms with Gasteiger partial charge in [-0.1, -0.05) is 30.0 Å². The zero-order valence-corrected chi connectivity index (χ0v) is 13.7. The molecular formula is C19H12N2O3S. The van der Waals surface area contributed by atoms with Gasteiger partial charge in [-0.2, -0.15) is 0 Å². The molecule has 1 amide bonds. The number of nitrogens with zero attached hydrogens (tertiary/aromatic N) is 1. The van der Waals surface area contributed by atoms with Gasteiger partial charge in [0.1, 0.15) is 0 Å². The fraction of sp³-hybridized carbons (Fsp3) is 0. The molecule has 0 spiro atoms. The summed E-state index contributed by atoms with van der Waals surface area (Å²) in [7, 11) is 0. The van der Waals surface area contributed by atoms with E-state index >= 15 is 0 Å². The Morgan fingerprint density at radius 1 is 1.04 bits per heavy atom. The van der Waals surface area contributed by atoms with Crippen molar-refractivity contribution < 1.29 is 9.72 Å². The molecule has 1 heterocycles. The third-order valence-electron chi connectivity index (χ3n) is 3.29. The topological polar surface area (TPSA) is 72.2 Å². The van der Waals surface area contributed by atoms with E-state index in [0.29, 0.717) is 5.69 Å². The molecule has 1 aromatic heterocycles. The fourth-order valence-electron chi connectivity index (χ4n) is 2.12. The molecule has 1 N–H and O–H groups in total. The van der Waals surface area contributed by atoms with E-state index in [1.165, 1.54) is 24.3 Å². The Balaban J connectivity index is 1.77. The lowest BCUT2D eigenvalue weighted by Gasteiger charge is -2.05. The lowest BCUT2D eigenvalue weighted by Crippen LogP contribution is -2.12. The second-order valence-corrected chi connectivity index (χ2v) is 6.02. The van der Waals surface area contributed by atoms with E-state index in [0.717, 1.165) is 10.4 Å². The number of rotatable bonds is 3. The van der Waals surface area contributed by atoms with Crippen molar-refractivity contribution in [2.24, 2.45) is 0 Å². The molecule has 3 aromatic rings. The number of amides is 1. The highest BCUT2D eigenvalue weighted by Crippen LogP contribution is 2.16. The Morgan fingerprint density at radius 2 is 1.88 bits per heavy atom. The molecule has 25 heavy (non-hydrogen) atoms. The largest absolute Gasteiger partial charge is 0.322 e. The molecular weight excluding hydrogens is 336 g/mol. The molecule has 0 aliphatic rings. The van der Waals surface area contributed by atoms with Crippen molar-refractivity contribution in [2.75, 3.05) is 5.32 Å². The highest BCUT2D eigenvalue weighted by atomic mass is 32.1. The highest BCUT2D eigenvalue weighted by molar-refractivity contribution is 7.10. The minimum Gasteiger partial charge on any atom is -0.322 e. The number of hydrogen-bond acceptors (Lipinski definition) is 4. The van der Waals surface area contributed by atoms with Crippen molar-refractivity contribution in [1.29, 1.82) is 0 Å². The van der Waals surface area contributed by atoms with Crippen molar-refractivity contribution in [3.63, 3.8) is 0 Å². The molecule has 0 aliphatic heterocycles. The van der Waals surface area contributed by atoms with E-state index in [1.54, 1.807) is 29.5 Å². The molecule has 0 atom stereocenters. The van der Waals surface area contributed by atoms with Gasteiger partial charge in [0.2, 0.25) is 0 Å². The molecule has 0 saturated heterocycles. The van der Waals surface area contributed by atoms with Crippen LogP contribution in [0.15, 0.2) is 66.0 Å². The first-order valence-corrected chi connectivity index (χ1v) is 8.21. The van der Waals surface area contributed by atoms with Gasteiger partial charge in [-0.15, -0.1) is 11.3 Å². The number of nitro benzene ring substituents is 1. The zero-order chi connectivity index (χ0) is 17.6. The monoisotopic (exact) mass is 348 g/mol. The van der Waals surface area contributed by atoms with Crippen LogP contribution in [0, 0.1) is 22.0 Å². The number of nitro groups is 1. The van der Waals surface area contributed by atoms with Crippen LogP contribution in [0.4, 0.5) is 11.4 Å². The molecule has 3 rings (SSSR count). The number of hydrogen-bond donors (Lipinski definition) is 1. The lowest BCUT2D eigenvalue weighted by molar-refractivity contribution is -0.384. The van der Waals surface area contributed by atoms with E-state index in [-0.39, 0.29) is 11.3 Å². The molecule has 5 nitrogen and oxygen atoms in total. The van der Waals surface area contributed by atoms with Gasteiger partial charge >= 0.3 is 0 Å².